The molecule has 3 fully saturated rings. The monoisotopic (exact) mass is 393 g/mol. The molecular formula is C16H28ClN3O4S. The van der Waals surface area contributed by atoms with Crippen LogP contribution in [0.3, 0.4) is 0 Å². The molecule has 0 spiro atoms. The number of carbonyl (C=O) groups excluding carboxylic acids is 2. The molecule has 7 nitrogen and oxygen atoms in total. The van der Waals surface area contributed by atoms with Crippen molar-refractivity contribution in [1.82, 2.24) is 9.80 Å². The van der Waals surface area contributed by atoms with Crippen LogP contribution in [0.4, 0.5) is 0 Å². The third kappa shape index (κ3) is 4.28. The van der Waals surface area contributed by atoms with E-state index in [0.717, 1.165) is 12.8 Å². The molecule has 3 aliphatic heterocycles. The molecule has 3 saturated heterocycles. The van der Waals surface area contributed by atoms with Gasteiger partial charge < -0.3 is 15.5 Å². The summed E-state index contributed by atoms with van der Waals surface area (Å²) in [6.07, 6.45) is 2.56. The van der Waals surface area contributed by atoms with Gasteiger partial charge in [-0.1, -0.05) is 6.92 Å². The Morgan fingerprint density at radius 1 is 1.32 bits per heavy atom. The predicted molar refractivity (Wildman–Crippen MR) is 97.1 cm³/mol. The van der Waals surface area contributed by atoms with Gasteiger partial charge in [-0.25, -0.2) is 8.42 Å². The van der Waals surface area contributed by atoms with Crippen LogP contribution in [0.15, 0.2) is 0 Å². The number of rotatable bonds is 3. The highest BCUT2D eigenvalue weighted by molar-refractivity contribution is 7.91. The first kappa shape index (κ1) is 20.5. The van der Waals surface area contributed by atoms with E-state index in [-0.39, 0.29) is 60.1 Å². The number of hydrogen-bond acceptors (Lipinski definition) is 5. The van der Waals surface area contributed by atoms with Crippen LogP contribution in [0.5, 0.6) is 0 Å². The Morgan fingerprint density at radius 2 is 2.04 bits per heavy atom. The number of sulfone groups is 1. The van der Waals surface area contributed by atoms with E-state index in [4.69, 9.17) is 5.73 Å². The van der Waals surface area contributed by atoms with E-state index >= 15 is 0 Å². The molecule has 25 heavy (non-hydrogen) atoms. The van der Waals surface area contributed by atoms with Crippen molar-refractivity contribution in [1.29, 1.82) is 0 Å². The second kappa shape index (κ2) is 7.80. The smallest absolute Gasteiger partial charge is 0.228 e. The van der Waals surface area contributed by atoms with Crippen molar-refractivity contribution in [2.24, 2.45) is 17.6 Å². The van der Waals surface area contributed by atoms with Gasteiger partial charge >= 0.3 is 0 Å². The van der Waals surface area contributed by atoms with Gasteiger partial charge in [0.05, 0.1) is 17.4 Å². The van der Waals surface area contributed by atoms with Gasteiger partial charge in [0.15, 0.2) is 9.84 Å². The summed E-state index contributed by atoms with van der Waals surface area (Å²) in [5.41, 5.74) is 5.84. The molecule has 0 saturated carbocycles. The van der Waals surface area contributed by atoms with Gasteiger partial charge in [0.25, 0.3) is 0 Å². The van der Waals surface area contributed by atoms with Crippen molar-refractivity contribution < 1.29 is 18.0 Å². The SMILES string of the molecule is CC1CCN(C(=O)C2CC(=O)N(C3CCS(=O)(=O)C3)C2)C(CN)C1.Cl. The minimum Gasteiger partial charge on any atom is -0.338 e. The molecule has 0 radical (unpaired) electrons. The highest BCUT2D eigenvalue weighted by atomic mass is 35.5. The Morgan fingerprint density at radius 3 is 2.64 bits per heavy atom. The lowest BCUT2D eigenvalue weighted by molar-refractivity contribution is -0.139. The molecule has 2 amide bonds. The normalized spacial score (nSPS) is 34.9. The highest BCUT2D eigenvalue weighted by Crippen LogP contribution is 2.30. The summed E-state index contributed by atoms with van der Waals surface area (Å²) < 4.78 is 23.3. The number of hydrogen-bond donors (Lipinski definition) is 1. The van der Waals surface area contributed by atoms with Gasteiger partial charge in [0, 0.05) is 38.1 Å². The van der Waals surface area contributed by atoms with Crippen molar-refractivity contribution in [3.63, 3.8) is 0 Å². The van der Waals surface area contributed by atoms with Gasteiger partial charge in [0.1, 0.15) is 0 Å². The molecule has 3 aliphatic rings. The van der Waals surface area contributed by atoms with E-state index in [1.54, 1.807) is 4.90 Å². The molecule has 9 heteroatoms. The van der Waals surface area contributed by atoms with Crippen molar-refractivity contribution in [2.75, 3.05) is 31.1 Å². The lowest BCUT2D eigenvalue weighted by Gasteiger charge is -2.39. The summed E-state index contributed by atoms with van der Waals surface area (Å²) in [5.74, 6) is 0.293. The average Bonchev–Trinajstić information content (AvgIpc) is 3.08. The highest BCUT2D eigenvalue weighted by Gasteiger charge is 2.44. The zero-order chi connectivity index (χ0) is 17.5. The summed E-state index contributed by atoms with van der Waals surface area (Å²) in [6, 6.07) is -0.204. The number of likely N-dealkylation sites (tertiary alicyclic amines) is 2. The maximum absolute atomic E-state index is 12.9. The summed E-state index contributed by atoms with van der Waals surface area (Å²) >= 11 is 0. The second-order valence-corrected chi connectivity index (χ2v) is 9.78. The standard InChI is InChI=1S/C16H27N3O4S.ClH/c1-11-2-4-18(14(6-11)8-17)16(21)12-7-15(20)19(9-12)13-3-5-24(22,23)10-13;/h11-14H,2-10,17H2,1H3;1H. The van der Waals surface area contributed by atoms with Crippen molar-refractivity contribution in [3.8, 4) is 0 Å². The van der Waals surface area contributed by atoms with E-state index in [2.05, 4.69) is 6.92 Å². The molecule has 3 rings (SSSR count). The van der Waals surface area contributed by atoms with Crippen LogP contribution in [-0.2, 0) is 19.4 Å². The summed E-state index contributed by atoms with van der Waals surface area (Å²) in [7, 11) is -3.04. The summed E-state index contributed by atoms with van der Waals surface area (Å²) in [6.45, 7) is 3.67. The second-order valence-electron chi connectivity index (χ2n) is 7.55. The fourth-order valence-electron chi connectivity index (χ4n) is 4.27. The summed E-state index contributed by atoms with van der Waals surface area (Å²) in [4.78, 5) is 28.7. The van der Waals surface area contributed by atoms with E-state index in [9.17, 15) is 18.0 Å². The van der Waals surface area contributed by atoms with Gasteiger partial charge in [-0.3, -0.25) is 9.59 Å². The topological polar surface area (TPSA) is 101 Å². The van der Waals surface area contributed by atoms with E-state index < -0.39 is 9.84 Å². The zero-order valence-corrected chi connectivity index (χ0v) is 16.2. The molecular weight excluding hydrogens is 366 g/mol. The number of amides is 2. The Kier molecular flexibility index (Phi) is 6.38. The Labute approximate surface area is 155 Å². The molecule has 4 atom stereocenters. The van der Waals surface area contributed by atoms with Crippen molar-refractivity contribution in [2.45, 2.75) is 44.7 Å². The molecule has 0 aliphatic carbocycles. The van der Waals surface area contributed by atoms with E-state index in [0.29, 0.717) is 32.0 Å². The van der Waals surface area contributed by atoms with Gasteiger partial charge in [-0.05, 0) is 25.2 Å². The van der Waals surface area contributed by atoms with Gasteiger partial charge in [0.2, 0.25) is 11.8 Å². The fourth-order valence-corrected chi connectivity index (χ4v) is 6.00. The van der Waals surface area contributed by atoms with Crippen LogP contribution in [0, 0.1) is 11.8 Å². The van der Waals surface area contributed by atoms with Gasteiger partial charge in [-0.2, -0.15) is 0 Å². The third-order valence-corrected chi connectivity index (χ3v) is 7.44. The Bertz CT molecular complexity index is 627. The largest absolute Gasteiger partial charge is 0.338 e. The Balaban J connectivity index is 0.00000225. The number of piperidine rings is 1. The maximum Gasteiger partial charge on any atom is 0.228 e. The molecule has 0 aromatic rings. The maximum atomic E-state index is 12.9. The van der Waals surface area contributed by atoms with Crippen LogP contribution in [0.1, 0.15) is 32.6 Å². The van der Waals surface area contributed by atoms with E-state index in [1.807, 2.05) is 4.90 Å². The lowest BCUT2D eigenvalue weighted by atomic mass is 9.91. The fraction of sp³-hybridized carbons (Fsp3) is 0.875. The zero-order valence-electron chi connectivity index (χ0n) is 14.6. The average molecular weight is 394 g/mol. The van der Waals surface area contributed by atoms with Gasteiger partial charge in [-0.15, -0.1) is 12.4 Å². The van der Waals surface area contributed by atoms with Crippen molar-refractivity contribution >= 4 is 34.1 Å². The van der Waals surface area contributed by atoms with Crippen LogP contribution >= 0.6 is 12.4 Å². The minimum atomic E-state index is -3.04. The molecule has 3 heterocycles. The van der Waals surface area contributed by atoms with Crippen LogP contribution in [0.25, 0.3) is 0 Å². The molecule has 144 valence electrons. The van der Waals surface area contributed by atoms with Crippen LogP contribution < -0.4 is 5.73 Å². The Hall–Kier alpha value is -0.860. The molecule has 2 N–H and O–H groups in total. The molecule has 0 aromatic carbocycles. The lowest BCUT2D eigenvalue weighted by Crippen LogP contribution is -2.51. The third-order valence-electron chi connectivity index (χ3n) is 5.69. The number of carbonyl (C=O) groups is 2. The molecule has 4 unspecified atom stereocenters. The number of nitrogens with zero attached hydrogens (tertiary/aromatic N) is 2. The predicted octanol–water partition coefficient (Wildman–Crippen LogP) is 0.0296. The first-order valence-corrected chi connectivity index (χ1v) is 10.6. The quantitative estimate of drug-likeness (QED) is 0.729. The number of nitrogens with two attached hydrogens (primary N) is 1. The molecule has 0 bridgehead atoms. The molecule has 0 aromatic heterocycles. The minimum absolute atomic E-state index is 0. The number of halogens is 1. The van der Waals surface area contributed by atoms with Crippen LogP contribution in [-0.4, -0.2) is 73.3 Å². The summed E-state index contributed by atoms with van der Waals surface area (Å²) in [5, 5.41) is 0. The van der Waals surface area contributed by atoms with Crippen molar-refractivity contribution in [3.05, 3.63) is 0 Å². The van der Waals surface area contributed by atoms with Crippen LogP contribution in [0.2, 0.25) is 0 Å². The first-order chi connectivity index (χ1) is 11.3. The first-order valence-electron chi connectivity index (χ1n) is 8.81. The van der Waals surface area contributed by atoms with E-state index in [1.165, 1.54) is 0 Å².